The average molecular weight is 268 g/mol. The van der Waals surface area contributed by atoms with Crippen LogP contribution in [0.5, 0.6) is 0 Å². The molecule has 2 fully saturated rings. The van der Waals surface area contributed by atoms with Gasteiger partial charge in [-0.05, 0) is 32.1 Å². The summed E-state index contributed by atoms with van der Waals surface area (Å²) in [6, 6.07) is 0. The second-order valence-corrected chi connectivity index (χ2v) is 6.09. The van der Waals surface area contributed by atoms with Gasteiger partial charge in [-0.1, -0.05) is 19.8 Å². The van der Waals surface area contributed by atoms with Crippen LogP contribution in [0.2, 0.25) is 0 Å². The van der Waals surface area contributed by atoms with Crippen molar-refractivity contribution in [1.82, 2.24) is 4.90 Å². The molecule has 2 aliphatic rings. The molecule has 108 valence electrons. The molecule has 2 rings (SSSR count). The second-order valence-electron chi connectivity index (χ2n) is 6.09. The van der Waals surface area contributed by atoms with Gasteiger partial charge in [0.05, 0.1) is 11.0 Å². The molecule has 1 amide bonds. The summed E-state index contributed by atoms with van der Waals surface area (Å²) in [4.78, 5) is 25.6. The molecule has 1 aliphatic carbocycles. The number of piperidine rings is 1. The summed E-state index contributed by atoms with van der Waals surface area (Å²) < 4.78 is 0. The maximum atomic E-state index is 12.4. The molecule has 19 heavy (non-hydrogen) atoms. The molecule has 0 unspecified atom stereocenters. The molecule has 5 nitrogen and oxygen atoms in total. The standard InChI is InChI=1S/C14H24N2O3/c1-2-13(12(18)19)7-9-16(10-8-13)11(17)14(15)5-3-4-6-14/h2-10,15H2,1H3,(H,18,19). The first kappa shape index (κ1) is 14.3. The Bertz CT molecular complexity index is 367. The van der Waals surface area contributed by atoms with Crippen LogP contribution >= 0.6 is 0 Å². The van der Waals surface area contributed by atoms with Gasteiger partial charge in [-0.3, -0.25) is 9.59 Å². The Balaban J connectivity index is 2.00. The summed E-state index contributed by atoms with van der Waals surface area (Å²) in [7, 11) is 0. The third-order valence-corrected chi connectivity index (χ3v) is 5.06. The number of hydrogen-bond acceptors (Lipinski definition) is 3. The first-order valence-electron chi connectivity index (χ1n) is 7.25. The van der Waals surface area contributed by atoms with Crippen molar-refractivity contribution in [3.8, 4) is 0 Å². The van der Waals surface area contributed by atoms with Crippen LogP contribution in [-0.4, -0.2) is 40.5 Å². The van der Waals surface area contributed by atoms with Crippen LogP contribution in [-0.2, 0) is 9.59 Å². The SMILES string of the molecule is CCC1(C(=O)O)CCN(C(=O)C2(N)CCCC2)CC1. The van der Waals surface area contributed by atoms with Gasteiger partial charge in [0.2, 0.25) is 5.91 Å². The normalized spacial score (nSPS) is 25.3. The van der Waals surface area contributed by atoms with E-state index in [1.807, 2.05) is 6.92 Å². The van der Waals surface area contributed by atoms with Gasteiger partial charge in [-0.25, -0.2) is 0 Å². The largest absolute Gasteiger partial charge is 0.481 e. The summed E-state index contributed by atoms with van der Waals surface area (Å²) in [5.74, 6) is -0.703. The van der Waals surface area contributed by atoms with Crippen LogP contribution in [0, 0.1) is 5.41 Å². The van der Waals surface area contributed by atoms with Crippen molar-refractivity contribution < 1.29 is 14.7 Å². The number of carboxylic acid groups (broad SMARTS) is 1. The molecule has 1 aliphatic heterocycles. The Morgan fingerprint density at radius 1 is 1.16 bits per heavy atom. The molecular formula is C14H24N2O3. The van der Waals surface area contributed by atoms with Crippen molar-refractivity contribution in [2.45, 2.75) is 57.4 Å². The van der Waals surface area contributed by atoms with Gasteiger partial charge in [0.15, 0.2) is 0 Å². The first-order chi connectivity index (χ1) is 8.93. The third-order valence-electron chi connectivity index (χ3n) is 5.06. The van der Waals surface area contributed by atoms with Gasteiger partial charge < -0.3 is 15.7 Å². The fourth-order valence-corrected chi connectivity index (χ4v) is 3.39. The molecule has 1 heterocycles. The molecule has 0 radical (unpaired) electrons. The number of amides is 1. The highest BCUT2D eigenvalue weighted by atomic mass is 16.4. The summed E-state index contributed by atoms with van der Waals surface area (Å²) in [6.45, 7) is 2.96. The van der Waals surface area contributed by atoms with E-state index in [4.69, 9.17) is 5.73 Å². The van der Waals surface area contributed by atoms with Crippen molar-refractivity contribution in [3.05, 3.63) is 0 Å². The van der Waals surface area contributed by atoms with Crippen molar-refractivity contribution in [3.63, 3.8) is 0 Å². The lowest BCUT2D eigenvalue weighted by Gasteiger charge is -2.41. The van der Waals surface area contributed by atoms with E-state index >= 15 is 0 Å². The molecule has 3 N–H and O–H groups in total. The van der Waals surface area contributed by atoms with Crippen LogP contribution in [0.1, 0.15) is 51.9 Å². The predicted molar refractivity (Wildman–Crippen MR) is 71.6 cm³/mol. The third kappa shape index (κ3) is 2.48. The van der Waals surface area contributed by atoms with Crippen LogP contribution in [0.4, 0.5) is 0 Å². The summed E-state index contributed by atoms with van der Waals surface area (Å²) in [6.07, 6.45) is 5.27. The summed E-state index contributed by atoms with van der Waals surface area (Å²) in [5, 5.41) is 9.35. The Hall–Kier alpha value is -1.10. The van der Waals surface area contributed by atoms with Gasteiger partial charge in [0.1, 0.15) is 0 Å². The fourth-order valence-electron chi connectivity index (χ4n) is 3.39. The molecule has 1 saturated carbocycles. The van der Waals surface area contributed by atoms with E-state index in [1.54, 1.807) is 4.90 Å². The maximum absolute atomic E-state index is 12.4. The van der Waals surface area contributed by atoms with Crippen LogP contribution < -0.4 is 5.73 Å². The van der Waals surface area contributed by atoms with Crippen LogP contribution in [0.25, 0.3) is 0 Å². The number of carbonyl (C=O) groups excluding carboxylic acids is 1. The minimum Gasteiger partial charge on any atom is -0.481 e. The molecule has 5 heteroatoms. The molecule has 0 bridgehead atoms. The van der Waals surface area contributed by atoms with E-state index in [1.165, 1.54) is 0 Å². The van der Waals surface area contributed by atoms with E-state index in [0.29, 0.717) is 32.4 Å². The minimum absolute atomic E-state index is 0.0279. The smallest absolute Gasteiger partial charge is 0.309 e. The van der Waals surface area contributed by atoms with E-state index in [9.17, 15) is 14.7 Å². The monoisotopic (exact) mass is 268 g/mol. The molecular weight excluding hydrogens is 244 g/mol. The number of carboxylic acids is 1. The van der Waals surface area contributed by atoms with Gasteiger partial charge in [0.25, 0.3) is 0 Å². The van der Waals surface area contributed by atoms with Crippen molar-refractivity contribution in [1.29, 1.82) is 0 Å². The molecule has 0 aromatic carbocycles. The van der Waals surface area contributed by atoms with Crippen LogP contribution in [0.3, 0.4) is 0 Å². The zero-order valence-electron chi connectivity index (χ0n) is 11.7. The van der Waals surface area contributed by atoms with Crippen molar-refractivity contribution >= 4 is 11.9 Å². The number of likely N-dealkylation sites (tertiary alicyclic amines) is 1. The maximum Gasteiger partial charge on any atom is 0.309 e. The van der Waals surface area contributed by atoms with E-state index in [-0.39, 0.29) is 5.91 Å². The highest BCUT2D eigenvalue weighted by Crippen LogP contribution is 2.37. The fraction of sp³-hybridized carbons (Fsp3) is 0.857. The lowest BCUT2D eigenvalue weighted by molar-refractivity contribution is -0.155. The lowest BCUT2D eigenvalue weighted by Crippen LogP contribution is -2.57. The predicted octanol–water partition coefficient (Wildman–Crippen LogP) is 1.36. The number of rotatable bonds is 3. The average Bonchev–Trinajstić information content (AvgIpc) is 2.86. The van der Waals surface area contributed by atoms with E-state index in [2.05, 4.69) is 0 Å². The number of nitrogens with two attached hydrogens (primary N) is 1. The molecule has 0 atom stereocenters. The topological polar surface area (TPSA) is 83.6 Å². The number of carbonyl (C=O) groups is 2. The van der Waals surface area contributed by atoms with Gasteiger partial charge >= 0.3 is 5.97 Å². The molecule has 0 spiro atoms. The summed E-state index contributed by atoms with van der Waals surface area (Å²) >= 11 is 0. The Morgan fingerprint density at radius 2 is 1.68 bits per heavy atom. The number of hydrogen-bond donors (Lipinski definition) is 2. The zero-order valence-corrected chi connectivity index (χ0v) is 11.7. The highest BCUT2D eigenvalue weighted by Gasteiger charge is 2.45. The molecule has 0 aromatic heterocycles. The highest BCUT2D eigenvalue weighted by molar-refractivity contribution is 5.87. The van der Waals surface area contributed by atoms with Crippen molar-refractivity contribution in [2.75, 3.05) is 13.1 Å². The van der Waals surface area contributed by atoms with E-state index < -0.39 is 16.9 Å². The van der Waals surface area contributed by atoms with Crippen LogP contribution in [0.15, 0.2) is 0 Å². The molecule has 1 saturated heterocycles. The quantitative estimate of drug-likeness (QED) is 0.809. The Kier molecular flexibility index (Phi) is 3.85. The van der Waals surface area contributed by atoms with Gasteiger partial charge in [0, 0.05) is 13.1 Å². The molecule has 0 aromatic rings. The second kappa shape index (κ2) is 5.12. The number of nitrogens with zero attached hydrogens (tertiary/aromatic N) is 1. The minimum atomic E-state index is -0.731. The van der Waals surface area contributed by atoms with E-state index in [0.717, 1.165) is 25.7 Å². The Labute approximate surface area is 114 Å². The number of aliphatic carboxylic acids is 1. The van der Waals surface area contributed by atoms with Gasteiger partial charge in [-0.2, -0.15) is 0 Å². The zero-order chi connectivity index (χ0) is 14.1. The first-order valence-corrected chi connectivity index (χ1v) is 7.25. The van der Waals surface area contributed by atoms with Crippen molar-refractivity contribution in [2.24, 2.45) is 11.1 Å². The lowest BCUT2D eigenvalue weighted by atomic mass is 9.76. The summed E-state index contributed by atoms with van der Waals surface area (Å²) in [5.41, 5.74) is 4.86. The van der Waals surface area contributed by atoms with Gasteiger partial charge in [-0.15, -0.1) is 0 Å². The Morgan fingerprint density at radius 3 is 2.11 bits per heavy atom.